The van der Waals surface area contributed by atoms with Crippen molar-refractivity contribution in [2.75, 3.05) is 23.3 Å². The van der Waals surface area contributed by atoms with E-state index in [-0.39, 0.29) is 11.6 Å². The monoisotopic (exact) mass is 498 g/mol. The highest BCUT2D eigenvalue weighted by atomic mass is 16.4. The van der Waals surface area contributed by atoms with Gasteiger partial charge in [0.25, 0.3) is 6.01 Å². The lowest BCUT2D eigenvalue weighted by Crippen LogP contribution is -2.63. The Morgan fingerprint density at radius 2 is 1.78 bits per heavy atom. The summed E-state index contributed by atoms with van der Waals surface area (Å²) in [6.07, 6.45) is 8.39. The van der Waals surface area contributed by atoms with Crippen LogP contribution < -0.4 is 16.0 Å². The summed E-state index contributed by atoms with van der Waals surface area (Å²) in [5, 5.41) is 11.7. The van der Waals surface area contributed by atoms with Crippen LogP contribution in [0.15, 0.2) is 69.6 Å². The number of nitrogens with two attached hydrogens (primary N) is 1. The van der Waals surface area contributed by atoms with Crippen molar-refractivity contribution in [3.8, 4) is 22.8 Å². The Labute approximate surface area is 217 Å². The van der Waals surface area contributed by atoms with E-state index in [1.165, 1.54) is 5.69 Å². The minimum Gasteiger partial charge on any atom is -0.424 e. The molecule has 2 aliphatic rings. The summed E-state index contributed by atoms with van der Waals surface area (Å²) in [5.74, 6) is 2.27. The zero-order valence-electron chi connectivity index (χ0n) is 21.3. The summed E-state index contributed by atoms with van der Waals surface area (Å²) in [5.41, 5.74) is 10.1. The van der Waals surface area contributed by atoms with Gasteiger partial charge in [-0.2, -0.15) is 0 Å². The third-order valence-electron chi connectivity index (χ3n) is 8.05. The largest absolute Gasteiger partial charge is 0.424 e. The summed E-state index contributed by atoms with van der Waals surface area (Å²) >= 11 is 0. The van der Waals surface area contributed by atoms with E-state index >= 15 is 0 Å². The third kappa shape index (κ3) is 4.85. The molecule has 3 N–H and O–H groups in total. The molecule has 2 aromatic carbocycles. The Hall–Kier alpha value is -3.65. The summed E-state index contributed by atoms with van der Waals surface area (Å²) in [6.45, 7) is 3.78. The number of anilines is 2. The predicted octanol–water partition coefficient (Wildman–Crippen LogP) is 5.67. The molecule has 2 fully saturated rings. The fraction of sp³-hybridized carbons (Fsp3) is 0.414. The van der Waals surface area contributed by atoms with Crippen LogP contribution >= 0.6 is 0 Å². The van der Waals surface area contributed by atoms with E-state index in [9.17, 15) is 0 Å². The van der Waals surface area contributed by atoms with Gasteiger partial charge in [-0.15, -0.1) is 10.2 Å². The fourth-order valence-electron chi connectivity index (χ4n) is 6.02. The zero-order chi connectivity index (χ0) is 25.2. The second-order valence-electron chi connectivity index (χ2n) is 10.4. The molecule has 8 nitrogen and oxygen atoms in total. The van der Waals surface area contributed by atoms with Crippen LogP contribution in [0, 0.1) is 12.8 Å². The van der Waals surface area contributed by atoms with Crippen molar-refractivity contribution in [2.24, 2.45) is 11.7 Å². The Morgan fingerprint density at radius 3 is 2.57 bits per heavy atom. The number of aryl methyl sites for hydroxylation is 1. The van der Waals surface area contributed by atoms with Gasteiger partial charge in [-0.1, -0.05) is 43.2 Å². The maximum atomic E-state index is 7.30. The van der Waals surface area contributed by atoms with Gasteiger partial charge in [0.2, 0.25) is 11.8 Å². The molecule has 2 aromatic heterocycles. The predicted molar refractivity (Wildman–Crippen MR) is 144 cm³/mol. The number of nitrogens with one attached hydrogen (secondary N) is 1. The molecule has 0 amide bonds. The second kappa shape index (κ2) is 10.0. The van der Waals surface area contributed by atoms with Crippen LogP contribution in [0.5, 0.6) is 0 Å². The first-order chi connectivity index (χ1) is 18.1. The van der Waals surface area contributed by atoms with Gasteiger partial charge in [-0.05, 0) is 55.9 Å². The van der Waals surface area contributed by atoms with Gasteiger partial charge < -0.3 is 24.8 Å². The molecule has 0 bridgehead atoms. The van der Waals surface area contributed by atoms with E-state index in [2.05, 4.69) is 49.7 Å². The molecule has 2 unspecified atom stereocenters. The number of oxazole rings is 1. The quantitative estimate of drug-likeness (QED) is 0.350. The first-order valence-corrected chi connectivity index (χ1v) is 13.3. The number of hydrogen-bond acceptors (Lipinski definition) is 8. The van der Waals surface area contributed by atoms with Gasteiger partial charge in [0, 0.05) is 48.4 Å². The molecule has 1 aliphatic carbocycles. The summed E-state index contributed by atoms with van der Waals surface area (Å²) in [4.78, 5) is 7.00. The van der Waals surface area contributed by atoms with Gasteiger partial charge >= 0.3 is 0 Å². The maximum Gasteiger partial charge on any atom is 0.295 e. The zero-order valence-corrected chi connectivity index (χ0v) is 21.3. The standard InChI is InChI=1S/C29H34N6O2/c1-20-33-34-27(36-20)22-12-14-24(15-13-22)35-17-7-10-23(19-35)29(30)16-6-5-11-26(29)32-28-31-18-25(37-28)21-8-3-2-4-9-21/h2-4,8-9,12-15,18,23,26H,5-7,10-11,16-17,19,30H2,1H3,(H,31,32)/t23?,26?,29-/m0/s1. The molecule has 1 saturated carbocycles. The molecule has 1 saturated heterocycles. The van der Waals surface area contributed by atoms with Gasteiger partial charge in [0.05, 0.1) is 6.20 Å². The van der Waals surface area contributed by atoms with Crippen LogP contribution in [-0.2, 0) is 0 Å². The Bertz CT molecular complexity index is 1320. The minimum atomic E-state index is -0.320. The van der Waals surface area contributed by atoms with E-state index in [0.29, 0.717) is 23.7 Å². The molecule has 6 rings (SSSR count). The van der Waals surface area contributed by atoms with Crippen molar-refractivity contribution >= 4 is 11.7 Å². The summed E-state index contributed by atoms with van der Waals surface area (Å²) in [7, 11) is 0. The smallest absolute Gasteiger partial charge is 0.295 e. The molecule has 192 valence electrons. The Balaban J connectivity index is 1.17. The van der Waals surface area contributed by atoms with Crippen LogP contribution in [0.25, 0.3) is 22.8 Å². The fourth-order valence-corrected chi connectivity index (χ4v) is 6.02. The lowest BCUT2D eigenvalue weighted by atomic mass is 9.67. The topological polar surface area (TPSA) is 106 Å². The van der Waals surface area contributed by atoms with Crippen molar-refractivity contribution in [1.29, 1.82) is 0 Å². The lowest BCUT2D eigenvalue weighted by Gasteiger charge is -2.50. The number of aromatic nitrogens is 3. The maximum absolute atomic E-state index is 7.30. The molecular weight excluding hydrogens is 464 g/mol. The van der Waals surface area contributed by atoms with Gasteiger partial charge in [-0.25, -0.2) is 4.98 Å². The van der Waals surface area contributed by atoms with Crippen molar-refractivity contribution in [2.45, 2.75) is 57.0 Å². The average molecular weight is 499 g/mol. The van der Waals surface area contributed by atoms with E-state index in [1.807, 2.05) is 30.3 Å². The first kappa shape index (κ1) is 23.7. The second-order valence-corrected chi connectivity index (χ2v) is 10.4. The molecule has 8 heteroatoms. The molecule has 0 radical (unpaired) electrons. The lowest BCUT2D eigenvalue weighted by molar-refractivity contribution is 0.156. The summed E-state index contributed by atoms with van der Waals surface area (Å²) in [6, 6.07) is 19.2. The highest BCUT2D eigenvalue weighted by Gasteiger charge is 2.45. The first-order valence-electron chi connectivity index (χ1n) is 13.3. The number of rotatable bonds is 6. The normalized spacial score (nSPS) is 24.2. The van der Waals surface area contributed by atoms with Crippen LogP contribution in [0.3, 0.4) is 0 Å². The molecular formula is C29H34N6O2. The highest BCUT2D eigenvalue weighted by molar-refractivity contribution is 5.59. The van der Waals surface area contributed by atoms with Crippen molar-refractivity contribution < 1.29 is 8.83 Å². The molecule has 3 atom stereocenters. The number of benzene rings is 2. The van der Waals surface area contributed by atoms with Gasteiger partial charge in [0.1, 0.15) is 0 Å². The molecule has 37 heavy (non-hydrogen) atoms. The third-order valence-corrected chi connectivity index (χ3v) is 8.05. The van der Waals surface area contributed by atoms with Crippen molar-refractivity contribution in [1.82, 2.24) is 15.2 Å². The van der Waals surface area contributed by atoms with E-state index in [0.717, 1.165) is 68.5 Å². The van der Waals surface area contributed by atoms with Gasteiger partial charge in [-0.3, -0.25) is 0 Å². The van der Waals surface area contributed by atoms with Crippen LogP contribution in [-0.4, -0.2) is 39.9 Å². The minimum absolute atomic E-state index is 0.122. The van der Waals surface area contributed by atoms with Crippen LogP contribution in [0.4, 0.5) is 11.7 Å². The van der Waals surface area contributed by atoms with Crippen LogP contribution in [0.2, 0.25) is 0 Å². The number of hydrogen-bond donors (Lipinski definition) is 2. The van der Waals surface area contributed by atoms with Gasteiger partial charge in [0.15, 0.2) is 5.76 Å². The number of piperidine rings is 1. The SMILES string of the molecule is Cc1nnc(-c2ccc(N3CCCC([C@@]4(N)CCCCC4Nc4ncc(-c5ccccc5)o4)C3)cc2)o1. The highest BCUT2D eigenvalue weighted by Crippen LogP contribution is 2.40. The molecule has 3 heterocycles. The van der Waals surface area contributed by atoms with E-state index in [1.54, 1.807) is 13.1 Å². The van der Waals surface area contributed by atoms with E-state index in [4.69, 9.17) is 14.6 Å². The van der Waals surface area contributed by atoms with Crippen molar-refractivity contribution in [3.63, 3.8) is 0 Å². The van der Waals surface area contributed by atoms with E-state index < -0.39 is 0 Å². The molecule has 1 aliphatic heterocycles. The summed E-state index contributed by atoms with van der Waals surface area (Å²) < 4.78 is 11.7. The molecule has 4 aromatic rings. The van der Waals surface area contributed by atoms with Crippen molar-refractivity contribution in [3.05, 3.63) is 66.7 Å². The Kier molecular flexibility index (Phi) is 6.42. The molecule has 0 spiro atoms. The Morgan fingerprint density at radius 1 is 0.946 bits per heavy atom. The van der Waals surface area contributed by atoms with Crippen LogP contribution in [0.1, 0.15) is 44.4 Å². The number of nitrogens with zero attached hydrogens (tertiary/aromatic N) is 4. The average Bonchev–Trinajstić information content (AvgIpc) is 3.60.